The Morgan fingerprint density at radius 1 is 1.04 bits per heavy atom. The molecule has 0 saturated carbocycles. The smallest absolute Gasteiger partial charge is 0.319 e. The van der Waals surface area contributed by atoms with Crippen molar-refractivity contribution in [3.8, 4) is 17.3 Å². The fraction of sp³-hybridized carbons (Fsp3) is 0.515. The van der Waals surface area contributed by atoms with Crippen LogP contribution in [0, 0.1) is 5.82 Å². The molecule has 14 heteroatoms. The van der Waals surface area contributed by atoms with Crippen LogP contribution in [0.3, 0.4) is 0 Å². The Morgan fingerprint density at radius 2 is 1.98 bits per heavy atom. The lowest BCUT2D eigenvalue weighted by Crippen LogP contribution is -2.43. The zero-order valence-corrected chi connectivity index (χ0v) is 26.7. The summed E-state index contributed by atoms with van der Waals surface area (Å²) in [5.74, 6) is 0.133. The largest absolute Gasteiger partial charge is 0.461 e. The minimum atomic E-state index is -0.886. The number of pyridine rings is 1. The molecule has 10 rings (SSSR count). The van der Waals surface area contributed by atoms with Crippen molar-refractivity contribution in [2.75, 3.05) is 37.7 Å². The summed E-state index contributed by atoms with van der Waals surface area (Å²) in [7, 11) is 0. The summed E-state index contributed by atoms with van der Waals surface area (Å²) in [6.07, 6.45) is 10.8. The molecule has 5 aromatic rings. The Bertz CT molecular complexity index is 2000. The van der Waals surface area contributed by atoms with Crippen LogP contribution in [-0.2, 0) is 13.0 Å². The second kappa shape index (κ2) is 11.3. The molecule has 0 unspecified atom stereocenters. The van der Waals surface area contributed by atoms with Crippen molar-refractivity contribution < 1.29 is 13.5 Å². The van der Waals surface area contributed by atoms with Crippen LogP contribution in [0.2, 0.25) is 5.02 Å². The van der Waals surface area contributed by atoms with E-state index in [0.29, 0.717) is 66.2 Å². The van der Waals surface area contributed by atoms with Gasteiger partial charge in [0.1, 0.15) is 29.8 Å². The number of aryl methyl sites for hydroxylation is 1. The molecule has 1 N–H and O–H groups in total. The number of H-pyrrole nitrogens is 1. The third-order valence-electron chi connectivity index (χ3n) is 10.6. The van der Waals surface area contributed by atoms with Crippen LogP contribution in [0.5, 0.6) is 6.01 Å². The fourth-order valence-corrected chi connectivity index (χ4v) is 8.64. The molecule has 9 heterocycles. The minimum absolute atomic E-state index is 0.0831. The molecule has 5 aliphatic rings. The van der Waals surface area contributed by atoms with Crippen LogP contribution in [-0.4, -0.2) is 89.5 Å². The molecular weight excluding hydrogens is 626 g/mol. The van der Waals surface area contributed by atoms with Gasteiger partial charge in [0.25, 0.3) is 0 Å². The molecule has 3 saturated heterocycles. The fourth-order valence-electron chi connectivity index (χ4n) is 8.34. The number of ether oxygens (including phenoxy) is 1. The molecule has 11 nitrogen and oxygen atoms in total. The average Bonchev–Trinajstić information content (AvgIpc) is 3.82. The van der Waals surface area contributed by atoms with E-state index < -0.39 is 17.5 Å². The predicted octanol–water partition coefficient (Wildman–Crippen LogP) is 5.63. The lowest BCUT2D eigenvalue weighted by Gasteiger charge is -2.31. The molecule has 3 fully saturated rings. The van der Waals surface area contributed by atoms with Crippen molar-refractivity contribution in [1.29, 1.82) is 0 Å². The van der Waals surface area contributed by atoms with Crippen LogP contribution < -0.4 is 9.64 Å². The number of alkyl halides is 1. The Labute approximate surface area is 274 Å². The van der Waals surface area contributed by atoms with Crippen molar-refractivity contribution >= 4 is 39.2 Å². The number of aromatic amines is 1. The molecule has 3 atom stereocenters. The van der Waals surface area contributed by atoms with Gasteiger partial charge in [-0.05, 0) is 56.7 Å². The molecule has 47 heavy (non-hydrogen) atoms. The van der Waals surface area contributed by atoms with Gasteiger partial charge in [0.05, 0.1) is 41.1 Å². The molecule has 8 bridgehead atoms. The summed E-state index contributed by atoms with van der Waals surface area (Å²) >= 11 is 6.87. The van der Waals surface area contributed by atoms with E-state index >= 15 is 4.39 Å². The summed E-state index contributed by atoms with van der Waals surface area (Å²) < 4.78 is 38.0. The molecule has 244 valence electrons. The summed E-state index contributed by atoms with van der Waals surface area (Å²) in [5, 5.41) is 18.4. The van der Waals surface area contributed by atoms with Crippen molar-refractivity contribution in [3.63, 3.8) is 0 Å². The first kappa shape index (κ1) is 29.2. The summed E-state index contributed by atoms with van der Waals surface area (Å²) in [6.45, 7) is 3.48. The normalized spacial score (nSPS) is 24.7. The number of benzene rings is 1. The number of rotatable bonds is 3. The molecule has 0 spiro atoms. The Balaban J connectivity index is 1.23. The maximum absolute atomic E-state index is 17.1. The van der Waals surface area contributed by atoms with Crippen molar-refractivity contribution in [3.05, 3.63) is 46.8 Å². The van der Waals surface area contributed by atoms with Crippen LogP contribution in [0.4, 0.5) is 14.6 Å². The number of nitrogens with one attached hydrogen (secondary N) is 1. The monoisotopic (exact) mass is 660 g/mol. The van der Waals surface area contributed by atoms with Gasteiger partial charge in [-0.15, -0.1) is 0 Å². The van der Waals surface area contributed by atoms with Gasteiger partial charge in [0.15, 0.2) is 5.82 Å². The molecule has 0 amide bonds. The molecule has 0 aliphatic carbocycles. The van der Waals surface area contributed by atoms with Gasteiger partial charge in [-0.2, -0.15) is 30.1 Å². The van der Waals surface area contributed by atoms with Gasteiger partial charge >= 0.3 is 6.01 Å². The topological polar surface area (TPSA) is 114 Å². The first-order chi connectivity index (χ1) is 23.0. The van der Waals surface area contributed by atoms with Gasteiger partial charge in [0, 0.05) is 54.1 Å². The van der Waals surface area contributed by atoms with E-state index in [1.807, 2.05) is 12.3 Å². The van der Waals surface area contributed by atoms with E-state index in [1.165, 1.54) is 0 Å². The van der Waals surface area contributed by atoms with Gasteiger partial charge < -0.3 is 9.64 Å². The van der Waals surface area contributed by atoms with Crippen molar-refractivity contribution in [1.82, 2.24) is 45.0 Å². The predicted molar refractivity (Wildman–Crippen MR) is 173 cm³/mol. The maximum Gasteiger partial charge on any atom is 0.319 e. The van der Waals surface area contributed by atoms with Crippen molar-refractivity contribution in [2.24, 2.45) is 0 Å². The number of halogens is 3. The third kappa shape index (κ3) is 4.92. The Kier molecular flexibility index (Phi) is 7.04. The van der Waals surface area contributed by atoms with Gasteiger partial charge in [-0.25, -0.2) is 8.78 Å². The second-order valence-corrected chi connectivity index (χ2v) is 13.9. The molecule has 5 aliphatic heterocycles. The maximum atomic E-state index is 17.1. The third-order valence-corrected chi connectivity index (χ3v) is 11.0. The lowest BCUT2D eigenvalue weighted by molar-refractivity contribution is 0.107. The first-order valence-electron chi connectivity index (χ1n) is 16.6. The first-order valence-corrected chi connectivity index (χ1v) is 17.0. The highest BCUT2D eigenvalue weighted by molar-refractivity contribution is 6.33. The van der Waals surface area contributed by atoms with Gasteiger partial charge in [-0.3, -0.25) is 15.0 Å². The SMILES string of the molecule is Fc1c2ncc3c(nc(OC[C@@]45CCCN4C[C@H](F)C5)nc13)N1CCCC[C@@H](C1)c1cnn(n1)CCCc1c(Cl)cc3[nH]ncc3c1-2. The summed E-state index contributed by atoms with van der Waals surface area (Å²) in [6, 6.07) is 1.91. The summed E-state index contributed by atoms with van der Waals surface area (Å²) in [4.78, 5) is 20.5. The van der Waals surface area contributed by atoms with E-state index in [2.05, 4.69) is 25.1 Å². The molecule has 0 radical (unpaired) electrons. The highest BCUT2D eigenvalue weighted by Gasteiger charge is 2.49. The zero-order valence-electron chi connectivity index (χ0n) is 25.9. The second-order valence-electron chi connectivity index (χ2n) is 13.5. The van der Waals surface area contributed by atoms with E-state index in [9.17, 15) is 4.39 Å². The standard InChI is InChI=1S/C33H35ClF2N10O/c34-24-11-25-22(14-38-42-25)27-21(24)6-3-10-46-39-15-26(43-46)19-5-1-2-8-44(16-19)31-23-13-37-30(27)28(36)29(23)40-32(41-31)47-18-33-7-4-9-45(33)17-20(35)12-33/h11,13-15,19-20H,1-10,12,16-18H2,(H,38,42)/t19-,20+,33-/m0/s1. The van der Waals surface area contributed by atoms with E-state index in [0.717, 1.165) is 61.8 Å². The van der Waals surface area contributed by atoms with E-state index in [4.69, 9.17) is 36.4 Å². The minimum Gasteiger partial charge on any atom is -0.461 e. The molecular formula is C33H35ClF2N10O. The zero-order chi connectivity index (χ0) is 31.7. The quantitative estimate of drug-likeness (QED) is 0.263. The van der Waals surface area contributed by atoms with Crippen LogP contribution in [0.25, 0.3) is 33.1 Å². The van der Waals surface area contributed by atoms with Gasteiger partial charge in [-0.1, -0.05) is 18.0 Å². The number of hydrogen-bond acceptors (Lipinski definition) is 9. The van der Waals surface area contributed by atoms with Crippen molar-refractivity contribution in [2.45, 2.75) is 75.5 Å². The summed E-state index contributed by atoms with van der Waals surface area (Å²) in [5.41, 5.74) is 2.87. The van der Waals surface area contributed by atoms with Crippen LogP contribution in [0.15, 0.2) is 24.7 Å². The number of aromatic nitrogens is 8. The number of fused-ring (bicyclic) bond motifs is 5. The lowest BCUT2D eigenvalue weighted by atomic mass is 9.95. The average molecular weight is 661 g/mol. The van der Waals surface area contributed by atoms with Gasteiger partial charge in [0.2, 0.25) is 0 Å². The molecule has 1 aromatic carbocycles. The van der Waals surface area contributed by atoms with E-state index in [1.54, 1.807) is 17.2 Å². The Morgan fingerprint density at radius 3 is 2.91 bits per heavy atom. The number of anilines is 1. The van der Waals surface area contributed by atoms with E-state index in [-0.39, 0.29) is 29.7 Å². The van der Waals surface area contributed by atoms with Crippen LogP contribution in [0.1, 0.15) is 62.1 Å². The highest BCUT2D eigenvalue weighted by atomic mass is 35.5. The number of hydrogen-bond donors (Lipinski definition) is 1. The number of nitrogens with zero attached hydrogens (tertiary/aromatic N) is 9. The van der Waals surface area contributed by atoms with Crippen LogP contribution >= 0.6 is 11.6 Å². The highest BCUT2D eigenvalue weighted by Crippen LogP contribution is 2.42. The Hall–Kier alpha value is -3.97. The molecule has 4 aromatic heterocycles.